The first-order valence-electron chi connectivity index (χ1n) is 11.9. The first-order chi connectivity index (χ1) is 17.9. The Morgan fingerprint density at radius 2 is 1.92 bits per heavy atom. The minimum absolute atomic E-state index is 0.0606. The van der Waals surface area contributed by atoms with Gasteiger partial charge in [0.15, 0.2) is 0 Å². The summed E-state index contributed by atoms with van der Waals surface area (Å²) in [5.74, 6) is 6.01. The van der Waals surface area contributed by atoms with Gasteiger partial charge in [0.2, 0.25) is 0 Å². The van der Waals surface area contributed by atoms with Gasteiger partial charge in [-0.2, -0.15) is 0 Å². The van der Waals surface area contributed by atoms with Gasteiger partial charge in [-0.05, 0) is 49.1 Å². The summed E-state index contributed by atoms with van der Waals surface area (Å²) in [6.07, 6.45) is 4.32. The summed E-state index contributed by atoms with van der Waals surface area (Å²) in [6, 6.07) is 10.2. The molecular formula is C27H28N8O2. The molecule has 0 spiro atoms. The van der Waals surface area contributed by atoms with Crippen molar-refractivity contribution >= 4 is 35.0 Å². The Bertz CT molecular complexity index is 1390. The van der Waals surface area contributed by atoms with Crippen molar-refractivity contribution in [1.82, 2.24) is 19.9 Å². The number of carbonyl (C=O) groups excluding carboxylic acids is 2. The second kappa shape index (κ2) is 11.3. The van der Waals surface area contributed by atoms with E-state index in [0.29, 0.717) is 47.8 Å². The quantitative estimate of drug-likeness (QED) is 0.303. The molecule has 0 aliphatic carbocycles. The molecule has 3 heterocycles. The second-order valence-corrected chi connectivity index (χ2v) is 8.64. The molecule has 10 heteroatoms. The van der Waals surface area contributed by atoms with Crippen LogP contribution in [0.2, 0.25) is 0 Å². The lowest BCUT2D eigenvalue weighted by Crippen LogP contribution is -2.31. The third kappa shape index (κ3) is 6.08. The molecule has 188 valence electrons. The lowest BCUT2D eigenvalue weighted by molar-refractivity contribution is -0.124. The standard InChI is InChI=1S/C27H28N8O2/c1-3-4-5-22(36)35-13-11-20(15-35)33-26-23(25(29)31-16-32-26)24(28)18-6-8-19(9-7-18)27(37)34-21-14-17(2)10-12-30-21/h6-10,12,14,16,20,28H,3,11,13,15H2,1-2H3,(H,30,34,37)(H3,29,31,32,33). The summed E-state index contributed by atoms with van der Waals surface area (Å²) in [4.78, 5) is 39.1. The Morgan fingerprint density at radius 3 is 2.65 bits per heavy atom. The number of aryl methyl sites for hydroxylation is 1. The van der Waals surface area contributed by atoms with Crippen LogP contribution < -0.4 is 16.4 Å². The number of nitrogen functional groups attached to an aromatic ring is 1. The zero-order chi connectivity index (χ0) is 26.4. The van der Waals surface area contributed by atoms with Crippen molar-refractivity contribution in [2.75, 3.05) is 29.5 Å². The van der Waals surface area contributed by atoms with E-state index in [-0.39, 0.29) is 29.4 Å². The molecule has 1 unspecified atom stereocenters. The van der Waals surface area contributed by atoms with Crippen LogP contribution in [-0.2, 0) is 4.79 Å². The number of pyridine rings is 1. The second-order valence-electron chi connectivity index (χ2n) is 8.64. The number of likely N-dealkylation sites (tertiary alicyclic amines) is 1. The number of aromatic nitrogens is 3. The van der Waals surface area contributed by atoms with E-state index >= 15 is 0 Å². The summed E-state index contributed by atoms with van der Waals surface area (Å²) >= 11 is 0. The minimum Gasteiger partial charge on any atom is -0.383 e. The van der Waals surface area contributed by atoms with Gasteiger partial charge in [0, 0.05) is 42.9 Å². The van der Waals surface area contributed by atoms with E-state index in [1.54, 1.807) is 41.4 Å². The smallest absolute Gasteiger partial charge is 0.298 e. The maximum Gasteiger partial charge on any atom is 0.298 e. The Balaban J connectivity index is 1.47. The highest BCUT2D eigenvalue weighted by atomic mass is 16.2. The molecular weight excluding hydrogens is 468 g/mol. The number of nitrogens with two attached hydrogens (primary N) is 1. The fourth-order valence-electron chi connectivity index (χ4n) is 3.98. The van der Waals surface area contributed by atoms with E-state index < -0.39 is 0 Å². The van der Waals surface area contributed by atoms with Gasteiger partial charge in [0.25, 0.3) is 11.8 Å². The minimum atomic E-state index is -0.301. The van der Waals surface area contributed by atoms with Crippen molar-refractivity contribution < 1.29 is 9.59 Å². The van der Waals surface area contributed by atoms with Gasteiger partial charge in [-0.3, -0.25) is 15.0 Å². The van der Waals surface area contributed by atoms with Crippen molar-refractivity contribution in [1.29, 1.82) is 5.41 Å². The molecule has 1 atom stereocenters. The van der Waals surface area contributed by atoms with Crippen LogP contribution in [0.15, 0.2) is 48.9 Å². The molecule has 3 aromatic rings. The number of hydrogen-bond acceptors (Lipinski definition) is 8. The number of hydrogen-bond donors (Lipinski definition) is 4. The van der Waals surface area contributed by atoms with Gasteiger partial charge in [0.1, 0.15) is 23.8 Å². The summed E-state index contributed by atoms with van der Waals surface area (Å²) in [7, 11) is 0. The molecule has 0 saturated carbocycles. The Labute approximate surface area is 215 Å². The fraction of sp³-hybridized carbons (Fsp3) is 0.259. The van der Waals surface area contributed by atoms with Crippen LogP contribution in [0.4, 0.5) is 17.5 Å². The van der Waals surface area contributed by atoms with Crippen LogP contribution in [0.5, 0.6) is 0 Å². The number of anilines is 3. The molecule has 2 amide bonds. The van der Waals surface area contributed by atoms with Gasteiger partial charge in [-0.1, -0.05) is 25.0 Å². The van der Waals surface area contributed by atoms with Crippen molar-refractivity contribution in [3.63, 3.8) is 0 Å². The molecule has 0 bridgehead atoms. The molecule has 1 aliphatic heterocycles. The van der Waals surface area contributed by atoms with Crippen LogP contribution >= 0.6 is 0 Å². The lowest BCUT2D eigenvalue weighted by atomic mass is 10.0. The van der Waals surface area contributed by atoms with E-state index in [2.05, 4.69) is 37.4 Å². The van der Waals surface area contributed by atoms with Crippen molar-refractivity contribution in [3.05, 3.63) is 71.2 Å². The summed E-state index contributed by atoms with van der Waals surface area (Å²) in [6.45, 7) is 4.89. The molecule has 37 heavy (non-hydrogen) atoms. The average Bonchev–Trinajstić information content (AvgIpc) is 3.36. The first-order valence-corrected chi connectivity index (χ1v) is 11.9. The summed E-state index contributed by atoms with van der Waals surface area (Å²) < 4.78 is 0. The Kier molecular flexibility index (Phi) is 7.74. The monoisotopic (exact) mass is 496 g/mol. The molecule has 1 fully saturated rings. The first kappa shape index (κ1) is 25.3. The normalized spacial score (nSPS) is 14.4. The largest absolute Gasteiger partial charge is 0.383 e. The number of nitrogens with one attached hydrogen (secondary N) is 3. The lowest BCUT2D eigenvalue weighted by Gasteiger charge is -2.18. The van der Waals surface area contributed by atoms with Crippen molar-refractivity contribution in [2.45, 2.75) is 32.7 Å². The maximum atomic E-state index is 12.6. The van der Waals surface area contributed by atoms with Gasteiger partial charge in [0.05, 0.1) is 11.3 Å². The molecule has 4 rings (SSSR count). The zero-order valence-corrected chi connectivity index (χ0v) is 20.7. The van der Waals surface area contributed by atoms with E-state index in [1.807, 2.05) is 19.9 Å². The van der Waals surface area contributed by atoms with E-state index in [9.17, 15) is 9.59 Å². The number of benzene rings is 1. The molecule has 5 N–H and O–H groups in total. The fourth-order valence-corrected chi connectivity index (χ4v) is 3.98. The van der Waals surface area contributed by atoms with Crippen LogP contribution in [0.25, 0.3) is 0 Å². The van der Waals surface area contributed by atoms with E-state index in [0.717, 1.165) is 12.0 Å². The van der Waals surface area contributed by atoms with Crippen LogP contribution in [-0.4, -0.2) is 56.5 Å². The van der Waals surface area contributed by atoms with Crippen LogP contribution in [0, 0.1) is 24.2 Å². The SMILES string of the molecule is CCC#CC(=O)N1CCC(Nc2ncnc(N)c2C(=N)c2ccc(C(=O)Nc3cc(C)ccn3)cc2)C1. The van der Waals surface area contributed by atoms with Gasteiger partial charge < -0.3 is 21.3 Å². The van der Waals surface area contributed by atoms with Crippen LogP contribution in [0.3, 0.4) is 0 Å². The highest BCUT2D eigenvalue weighted by molar-refractivity contribution is 6.16. The number of amides is 2. The molecule has 1 aliphatic rings. The topological polar surface area (TPSA) is 150 Å². The Morgan fingerprint density at radius 1 is 1.16 bits per heavy atom. The molecule has 1 aromatic carbocycles. The van der Waals surface area contributed by atoms with Crippen molar-refractivity contribution in [2.24, 2.45) is 0 Å². The number of rotatable bonds is 6. The third-order valence-electron chi connectivity index (χ3n) is 5.91. The summed E-state index contributed by atoms with van der Waals surface area (Å²) in [5.41, 5.74) is 8.60. The highest BCUT2D eigenvalue weighted by Gasteiger charge is 2.27. The maximum absolute atomic E-state index is 12.6. The average molecular weight is 497 g/mol. The Hall–Kier alpha value is -4.78. The zero-order valence-electron chi connectivity index (χ0n) is 20.7. The van der Waals surface area contributed by atoms with Gasteiger partial charge in [-0.15, -0.1) is 0 Å². The third-order valence-corrected chi connectivity index (χ3v) is 5.91. The number of nitrogens with zero attached hydrogens (tertiary/aromatic N) is 4. The predicted molar refractivity (Wildman–Crippen MR) is 142 cm³/mol. The molecule has 10 nitrogen and oxygen atoms in total. The van der Waals surface area contributed by atoms with Gasteiger partial charge in [-0.25, -0.2) is 15.0 Å². The molecule has 2 aromatic heterocycles. The van der Waals surface area contributed by atoms with Crippen LogP contribution in [0.1, 0.15) is 46.8 Å². The highest BCUT2D eigenvalue weighted by Crippen LogP contribution is 2.24. The van der Waals surface area contributed by atoms with Gasteiger partial charge >= 0.3 is 0 Å². The molecule has 1 saturated heterocycles. The van der Waals surface area contributed by atoms with Crippen molar-refractivity contribution in [3.8, 4) is 11.8 Å². The number of carbonyl (C=O) groups is 2. The van der Waals surface area contributed by atoms with E-state index in [1.165, 1.54) is 6.33 Å². The summed E-state index contributed by atoms with van der Waals surface area (Å²) in [5, 5.41) is 14.9. The molecule has 0 radical (unpaired) electrons. The predicted octanol–water partition coefficient (Wildman–Crippen LogP) is 2.86. The van der Waals surface area contributed by atoms with E-state index in [4.69, 9.17) is 11.1 Å².